The van der Waals surface area contributed by atoms with Crippen molar-refractivity contribution >= 4 is 5.97 Å². The van der Waals surface area contributed by atoms with Crippen molar-refractivity contribution in [3.8, 4) is 0 Å². The van der Waals surface area contributed by atoms with Gasteiger partial charge in [-0.05, 0) is 64.0 Å². The van der Waals surface area contributed by atoms with Crippen LogP contribution in [0.5, 0.6) is 0 Å². The van der Waals surface area contributed by atoms with E-state index in [1.165, 1.54) is 128 Å². The lowest BCUT2D eigenvalue weighted by atomic mass is 9.93. The quantitative estimate of drug-likeness (QED) is 0.0613. The Labute approximate surface area is 250 Å². The molecule has 4 heteroatoms. The van der Waals surface area contributed by atoms with E-state index in [9.17, 15) is 9.90 Å². The molecule has 40 heavy (non-hydrogen) atoms. The molecular formula is C36H71NO3. The summed E-state index contributed by atoms with van der Waals surface area (Å²) in [6.07, 6.45) is 38.0. The molecule has 0 saturated heterocycles. The van der Waals surface area contributed by atoms with E-state index >= 15 is 0 Å². The molecule has 0 radical (unpaired) electrons. The monoisotopic (exact) mass is 566 g/mol. The standard InChI is InChI=1S/C36H71NO3/c1-3-5-7-9-15-21-27-35(28-22-16-10-8-6-4-2)29-23-17-12-11-13-19-25-31-37(33-34-38)32-26-20-14-18-24-30-36(39)40/h23,29,35,38H,3-22,24-28,30-34H2,1-2H3,(H,39,40). The van der Waals surface area contributed by atoms with Crippen molar-refractivity contribution in [1.82, 2.24) is 4.90 Å². The van der Waals surface area contributed by atoms with Gasteiger partial charge in [-0.1, -0.05) is 142 Å². The molecule has 0 bridgehead atoms. The number of carbonyl (C=O) groups is 1. The van der Waals surface area contributed by atoms with Gasteiger partial charge in [0.1, 0.15) is 0 Å². The summed E-state index contributed by atoms with van der Waals surface area (Å²) >= 11 is 0. The van der Waals surface area contributed by atoms with Gasteiger partial charge in [-0.3, -0.25) is 4.79 Å². The Hall–Kier alpha value is -0.870. The Morgan fingerprint density at radius 2 is 1.05 bits per heavy atom. The summed E-state index contributed by atoms with van der Waals surface area (Å²) in [5.74, 6) is 0.122. The van der Waals surface area contributed by atoms with E-state index in [2.05, 4.69) is 30.9 Å². The second kappa shape index (κ2) is 32.6. The molecule has 0 fully saturated rings. The first-order valence-electron chi connectivity index (χ1n) is 17.9. The topological polar surface area (TPSA) is 60.8 Å². The number of carboxylic acid groups (broad SMARTS) is 1. The predicted octanol–water partition coefficient (Wildman–Crippen LogP) is 10.7. The predicted molar refractivity (Wildman–Crippen MR) is 175 cm³/mol. The third kappa shape index (κ3) is 30.1. The van der Waals surface area contributed by atoms with Crippen molar-refractivity contribution in [1.29, 1.82) is 0 Å². The average molecular weight is 566 g/mol. The first kappa shape index (κ1) is 39.1. The number of aliphatic hydroxyl groups excluding tert-OH is 1. The van der Waals surface area contributed by atoms with E-state index in [1.807, 2.05) is 0 Å². The SMILES string of the molecule is CCCCCCCCC(C=CCCCCCCCN(CCO)CCCCCCCC(=O)O)CCCCCCCC. The van der Waals surface area contributed by atoms with E-state index in [-0.39, 0.29) is 6.61 Å². The zero-order valence-corrected chi connectivity index (χ0v) is 27.2. The van der Waals surface area contributed by atoms with E-state index in [0.717, 1.165) is 57.7 Å². The number of carboxylic acids is 1. The van der Waals surface area contributed by atoms with Gasteiger partial charge in [0.25, 0.3) is 0 Å². The lowest BCUT2D eigenvalue weighted by Gasteiger charge is -2.21. The normalized spacial score (nSPS) is 11.9. The van der Waals surface area contributed by atoms with Gasteiger partial charge in [-0.2, -0.15) is 0 Å². The molecule has 0 heterocycles. The molecule has 238 valence electrons. The van der Waals surface area contributed by atoms with Crippen LogP contribution >= 0.6 is 0 Å². The average Bonchev–Trinajstić information content (AvgIpc) is 2.94. The van der Waals surface area contributed by atoms with Crippen molar-refractivity contribution in [2.75, 3.05) is 26.2 Å². The van der Waals surface area contributed by atoms with Crippen molar-refractivity contribution in [3.63, 3.8) is 0 Å². The van der Waals surface area contributed by atoms with Crippen molar-refractivity contribution in [3.05, 3.63) is 12.2 Å². The highest BCUT2D eigenvalue weighted by Crippen LogP contribution is 2.21. The van der Waals surface area contributed by atoms with Crippen molar-refractivity contribution in [2.45, 2.75) is 181 Å². The Morgan fingerprint density at radius 3 is 1.55 bits per heavy atom. The molecular weight excluding hydrogens is 494 g/mol. The number of aliphatic carboxylic acids is 1. The number of aliphatic hydroxyl groups is 1. The van der Waals surface area contributed by atoms with Crippen molar-refractivity contribution in [2.24, 2.45) is 5.92 Å². The summed E-state index contributed by atoms with van der Waals surface area (Å²) < 4.78 is 0. The van der Waals surface area contributed by atoms with Gasteiger partial charge >= 0.3 is 5.97 Å². The summed E-state index contributed by atoms with van der Waals surface area (Å²) in [6, 6.07) is 0. The molecule has 0 aromatic carbocycles. The lowest BCUT2D eigenvalue weighted by Crippen LogP contribution is -2.29. The second-order valence-electron chi connectivity index (χ2n) is 12.3. The maximum absolute atomic E-state index is 10.6. The second-order valence-corrected chi connectivity index (χ2v) is 12.3. The number of rotatable bonds is 33. The van der Waals surface area contributed by atoms with Crippen molar-refractivity contribution < 1.29 is 15.0 Å². The zero-order chi connectivity index (χ0) is 29.4. The first-order chi connectivity index (χ1) is 19.6. The van der Waals surface area contributed by atoms with Crippen LogP contribution in [-0.4, -0.2) is 47.3 Å². The molecule has 0 atom stereocenters. The molecule has 0 amide bonds. The third-order valence-electron chi connectivity index (χ3n) is 8.39. The van der Waals surface area contributed by atoms with Crippen LogP contribution in [0.4, 0.5) is 0 Å². The minimum absolute atomic E-state index is 0.240. The Balaban J connectivity index is 3.98. The highest BCUT2D eigenvalue weighted by Gasteiger charge is 2.06. The van der Waals surface area contributed by atoms with Gasteiger partial charge in [0, 0.05) is 13.0 Å². The van der Waals surface area contributed by atoms with Gasteiger partial charge in [0.15, 0.2) is 0 Å². The summed E-state index contributed by atoms with van der Waals surface area (Å²) in [5.41, 5.74) is 0. The summed E-state index contributed by atoms with van der Waals surface area (Å²) in [6.45, 7) is 7.77. The first-order valence-corrected chi connectivity index (χ1v) is 17.9. The summed E-state index contributed by atoms with van der Waals surface area (Å²) in [4.78, 5) is 13.0. The highest BCUT2D eigenvalue weighted by molar-refractivity contribution is 5.66. The van der Waals surface area contributed by atoms with Gasteiger partial charge in [0.2, 0.25) is 0 Å². The van der Waals surface area contributed by atoms with Crippen LogP contribution in [0.15, 0.2) is 12.2 Å². The number of unbranched alkanes of at least 4 members (excludes halogenated alkanes) is 19. The molecule has 0 saturated carbocycles. The van der Waals surface area contributed by atoms with Gasteiger partial charge in [-0.25, -0.2) is 0 Å². The lowest BCUT2D eigenvalue weighted by molar-refractivity contribution is -0.137. The molecule has 0 rings (SSSR count). The smallest absolute Gasteiger partial charge is 0.303 e. The van der Waals surface area contributed by atoms with E-state index in [1.54, 1.807) is 0 Å². The molecule has 0 spiro atoms. The third-order valence-corrected chi connectivity index (χ3v) is 8.39. The fourth-order valence-corrected chi connectivity index (χ4v) is 5.75. The van der Waals surface area contributed by atoms with Crippen LogP contribution in [0, 0.1) is 5.92 Å². The van der Waals surface area contributed by atoms with Crippen LogP contribution < -0.4 is 0 Å². The molecule has 4 nitrogen and oxygen atoms in total. The molecule has 0 aliphatic carbocycles. The van der Waals surface area contributed by atoms with Gasteiger partial charge < -0.3 is 15.1 Å². The molecule has 2 N–H and O–H groups in total. The Bertz CT molecular complexity index is 520. The minimum Gasteiger partial charge on any atom is -0.481 e. The Morgan fingerprint density at radius 1 is 0.600 bits per heavy atom. The van der Waals surface area contributed by atoms with Crippen LogP contribution in [0.25, 0.3) is 0 Å². The Kier molecular flexibility index (Phi) is 31.9. The van der Waals surface area contributed by atoms with Crippen LogP contribution in [-0.2, 0) is 4.79 Å². The highest BCUT2D eigenvalue weighted by atomic mass is 16.4. The fraction of sp³-hybridized carbons (Fsp3) is 0.917. The molecule has 0 aromatic heterocycles. The van der Waals surface area contributed by atoms with Crippen LogP contribution in [0.2, 0.25) is 0 Å². The summed E-state index contributed by atoms with van der Waals surface area (Å²) in [5, 5.41) is 18.1. The zero-order valence-electron chi connectivity index (χ0n) is 27.2. The molecule has 0 aromatic rings. The van der Waals surface area contributed by atoms with Gasteiger partial charge in [-0.15, -0.1) is 0 Å². The largest absolute Gasteiger partial charge is 0.481 e. The van der Waals surface area contributed by atoms with Crippen LogP contribution in [0.3, 0.4) is 0 Å². The van der Waals surface area contributed by atoms with E-state index in [0.29, 0.717) is 6.42 Å². The van der Waals surface area contributed by atoms with Gasteiger partial charge in [0.05, 0.1) is 6.61 Å². The maximum Gasteiger partial charge on any atom is 0.303 e. The van der Waals surface area contributed by atoms with E-state index in [4.69, 9.17) is 5.11 Å². The summed E-state index contributed by atoms with van der Waals surface area (Å²) in [7, 11) is 0. The minimum atomic E-state index is -0.683. The van der Waals surface area contributed by atoms with Crippen LogP contribution in [0.1, 0.15) is 181 Å². The maximum atomic E-state index is 10.6. The van der Waals surface area contributed by atoms with E-state index < -0.39 is 5.97 Å². The number of hydrogen-bond donors (Lipinski definition) is 2. The fourth-order valence-electron chi connectivity index (χ4n) is 5.75. The number of allylic oxidation sites excluding steroid dienone is 2. The number of hydrogen-bond acceptors (Lipinski definition) is 3. The number of nitrogens with zero attached hydrogens (tertiary/aromatic N) is 1. The molecule has 0 aliphatic heterocycles. The molecule has 0 aliphatic rings. The molecule has 0 unspecified atom stereocenters.